The van der Waals surface area contributed by atoms with Gasteiger partial charge in [-0.3, -0.25) is 9.78 Å². The molecular formula is C25H20N6O2. The number of pyridine rings is 1. The van der Waals surface area contributed by atoms with Gasteiger partial charge in [0.15, 0.2) is 11.5 Å². The van der Waals surface area contributed by atoms with Crippen LogP contribution in [-0.4, -0.2) is 37.8 Å². The summed E-state index contributed by atoms with van der Waals surface area (Å²) in [6.07, 6.45) is 3.69. The second-order valence-electron chi connectivity index (χ2n) is 7.40. The molecule has 0 fully saturated rings. The summed E-state index contributed by atoms with van der Waals surface area (Å²) in [5, 5.41) is 16.1. The molecule has 0 spiro atoms. The van der Waals surface area contributed by atoms with Crippen molar-refractivity contribution in [3.63, 3.8) is 0 Å². The molecule has 0 unspecified atom stereocenters. The Morgan fingerprint density at radius 3 is 2.55 bits per heavy atom. The summed E-state index contributed by atoms with van der Waals surface area (Å²) in [5.74, 6) is 1.28. The summed E-state index contributed by atoms with van der Waals surface area (Å²) in [7, 11) is 1.61. The molecule has 0 saturated heterocycles. The molecule has 0 aliphatic rings. The molecule has 8 heteroatoms. The molecule has 0 saturated carbocycles. The Morgan fingerprint density at radius 1 is 0.939 bits per heavy atom. The fourth-order valence-corrected chi connectivity index (χ4v) is 3.52. The predicted molar refractivity (Wildman–Crippen MR) is 125 cm³/mol. The van der Waals surface area contributed by atoms with Gasteiger partial charge in [0, 0.05) is 29.2 Å². The molecule has 2 aromatic carbocycles. The molecule has 5 aromatic rings. The highest BCUT2D eigenvalue weighted by atomic mass is 16.5. The van der Waals surface area contributed by atoms with Crippen LogP contribution in [0.15, 0.2) is 85.2 Å². The third-order valence-electron chi connectivity index (χ3n) is 5.16. The van der Waals surface area contributed by atoms with Crippen molar-refractivity contribution >= 4 is 17.2 Å². The van der Waals surface area contributed by atoms with Gasteiger partial charge in [0.2, 0.25) is 5.91 Å². The van der Waals surface area contributed by atoms with Gasteiger partial charge in [-0.2, -0.15) is 9.61 Å². The van der Waals surface area contributed by atoms with Gasteiger partial charge >= 0.3 is 0 Å². The highest BCUT2D eigenvalue weighted by Gasteiger charge is 2.11. The van der Waals surface area contributed by atoms with Gasteiger partial charge < -0.3 is 10.1 Å². The van der Waals surface area contributed by atoms with E-state index in [1.807, 2.05) is 72.8 Å². The smallest absolute Gasteiger partial charge is 0.228 e. The molecule has 162 valence electrons. The van der Waals surface area contributed by atoms with Gasteiger partial charge in [0.25, 0.3) is 0 Å². The number of nitrogens with one attached hydrogen (secondary N) is 1. The van der Waals surface area contributed by atoms with E-state index in [1.54, 1.807) is 24.0 Å². The summed E-state index contributed by atoms with van der Waals surface area (Å²) >= 11 is 0. The van der Waals surface area contributed by atoms with Crippen LogP contribution in [0.5, 0.6) is 5.75 Å². The summed E-state index contributed by atoms with van der Waals surface area (Å²) < 4.78 is 6.93. The molecule has 1 amide bonds. The molecule has 3 heterocycles. The first-order valence-electron chi connectivity index (χ1n) is 10.4. The van der Waals surface area contributed by atoms with Gasteiger partial charge in [0.05, 0.1) is 19.2 Å². The minimum Gasteiger partial charge on any atom is -0.497 e. The van der Waals surface area contributed by atoms with Crippen LogP contribution in [-0.2, 0) is 11.2 Å². The van der Waals surface area contributed by atoms with E-state index in [9.17, 15) is 4.79 Å². The lowest BCUT2D eigenvalue weighted by Gasteiger charge is -2.08. The number of nitrogens with zero attached hydrogens (tertiary/aromatic N) is 5. The van der Waals surface area contributed by atoms with Gasteiger partial charge in [-0.25, -0.2) is 0 Å². The number of rotatable bonds is 6. The number of hydrogen-bond acceptors (Lipinski definition) is 6. The van der Waals surface area contributed by atoms with Crippen LogP contribution in [0.2, 0.25) is 0 Å². The molecule has 3 aromatic heterocycles. The molecular weight excluding hydrogens is 416 g/mol. The van der Waals surface area contributed by atoms with E-state index in [2.05, 4.69) is 20.5 Å². The monoisotopic (exact) mass is 436 g/mol. The number of benzene rings is 2. The van der Waals surface area contributed by atoms with Crippen LogP contribution >= 0.6 is 0 Å². The lowest BCUT2D eigenvalue weighted by atomic mass is 10.1. The van der Waals surface area contributed by atoms with Crippen molar-refractivity contribution in [2.75, 3.05) is 12.4 Å². The fraction of sp³-hybridized carbons (Fsp3) is 0.0800. The Balaban J connectivity index is 1.33. The molecule has 5 rings (SSSR count). The predicted octanol–water partition coefficient (Wildman–Crippen LogP) is 4.04. The number of amides is 1. The number of carbonyl (C=O) groups excluding carboxylic acids is 1. The van der Waals surface area contributed by atoms with Crippen molar-refractivity contribution in [2.45, 2.75) is 6.42 Å². The summed E-state index contributed by atoms with van der Waals surface area (Å²) in [5.41, 5.74) is 4.83. The third-order valence-corrected chi connectivity index (χ3v) is 5.16. The number of fused-ring (bicyclic) bond motifs is 1. The second-order valence-corrected chi connectivity index (χ2v) is 7.40. The highest BCUT2D eigenvalue weighted by molar-refractivity contribution is 5.92. The van der Waals surface area contributed by atoms with E-state index in [0.29, 0.717) is 11.5 Å². The highest BCUT2D eigenvalue weighted by Crippen LogP contribution is 2.22. The number of anilines is 1. The molecule has 0 aliphatic carbocycles. The fourth-order valence-electron chi connectivity index (χ4n) is 3.52. The first-order valence-corrected chi connectivity index (χ1v) is 10.4. The van der Waals surface area contributed by atoms with E-state index in [-0.39, 0.29) is 12.3 Å². The second kappa shape index (κ2) is 8.88. The van der Waals surface area contributed by atoms with Crippen LogP contribution in [0.3, 0.4) is 0 Å². The zero-order chi connectivity index (χ0) is 22.6. The standard InChI is InChI=1S/C25H20N6O2/c1-33-21-4-2-3-17(15-21)16-24(32)27-20-7-5-18(6-8-20)22-9-10-23-28-29-25(31(23)30-22)19-11-13-26-14-12-19/h2-15H,16H2,1H3,(H,27,32). The number of aromatic nitrogens is 5. The van der Waals surface area contributed by atoms with Crippen molar-refractivity contribution in [3.05, 3.63) is 90.8 Å². The van der Waals surface area contributed by atoms with E-state index in [1.165, 1.54) is 0 Å². The number of carbonyl (C=O) groups is 1. The maximum atomic E-state index is 12.4. The average molecular weight is 436 g/mol. The van der Waals surface area contributed by atoms with E-state index in [0.717, 1.165) is 33.8 Å². The normalized spacial score (nSPS) is 10.8. The molecule has 0 bridgehead atoms. The molecule has 0 radical (unpaired) electrons. The Hall–Kier alpha value is -4.59. The zero-order valence-corrected chi connectivity index (χ0v) is 17.8. The van der Waals surface area contributed by atoms with E-state index >= 15 is 0 Å². The molecule has 8 nitrogen and oxygen atoms in total. The van der Waals surface area contributed by atoms with Crippen LogP contribution < -0.4 is 10.1 Å². The van der Waals surface area contributed by atoms with Crippen LogP contribution in [0.25, 0.3) is 28.3 Å². The van der Waals surface area contributed by atoms with Gasteiger partial charge in [-0.1, -0.05) is 24.3 Å². The molecule has 33 heavy (non-hydrogen) atoms. The molecule has 0 atom stereocenters. The van der Waals surface area contributed by atoms with Crippen LogP contribution in [0, 0.1) is 0 Å². The lowest BCUT2D eigenvalue weighted by molar-refractivity contribution is -0.115. The van der Waals surface area contributed by atoms with Crippen molar-refractivity contribution in [2.24, 2.45) is 0 Å². The van der Waals surface area contributed by atoms with Gasteiger partial charge in [0.1, 0.15) is 5.75 Å². The largest absolute Gasteiger partial charge is 0.497 e. The van der Waals surface area contributed by atoms with E-state index in [4.69, 9.17) is 9.84 Å². The van der Waals surface area contributed by atoms with Crippen LogP contribution in [0.4, 0.5) is 5.69 Å². The van der Waals surface area contributed by atoms with Crippen molar-refractivity contribution in [3.8, 4) is 28.4 Å². The third kappa shape index (κ3) is 4.40. The summed E-state index contributed by atoms with van der Waals surface area (Å²) in [6.45, 7) is 0. The quantitative estimate of drug-likeness (QED) is 0.432. The average Bonchev–Trinajstić information content (AvgIpc) is 3.28. The van der Waals surface area contributed by atoms with Gasteiger partial charge in [-0.15, -0.1) is 10.2 Å². The first-order chi connectivity index (χ1) is 16.2. The van der Waals surface area contributed by atoms with Crippen molar-refractivity contribution < 1.29 is 9.53 Å². The Kier molecular flexibility index (Phi) is 5.47. The van der Waals surface area contributed by atoms with E-state index < -0.39 is 0 Å². The Labute approximate surface area is 189 Å². The Bertz CT molecular complexity index is 1410. The molecule has 1 N–H and O–H groups in total. The number of methoxy groups -OCH3 is 1. The van der Waals surface area contributed by atoms with Crippen molar-refractivity contribution in [1.29, 1.82) is 0 Å². The number of ether oxygens (including phenoxy) is 1. The summed E-state index contributed by atoms with van der Waals surface area (Å²) in [6, 6.07) is 22.6. The minimum absolute atomic E-state index is 0.0953. The lowest BCUT2D eigenvalue weighted by Crippen LogP contribution is -2.14. The maximum Gasteiger partial charge on any atom is 0.228 e. The summed E-state index contributed by atoms with van der Waals surface area (Å²) in [4.78, 5) is 16.5. The Morgan fingerprint density at radius 2 is 1.76 bits per heavy atom. The maximum absolute atomic E-state index is 12.4. The molecule has 0 aliphatic heterocycles. The first kappa shape index (κ1) is 20.3. The van der Waals surface area contributed by atoms with Crippen molar-refractivity contribution in [1.82, 2.24) is 24.8 Å². The topological polar surface area (TPSA) is 94.3 Å². The zero-order valence-electron chi connectivity index (χ0n) is 17.8. The van der Waals surface area contributed by atoms with Gasteiger partial charge in [-0.05, 0) is 54.1 Å². The van der Waals surface area contributed by atoms with Crippen LogP contribution in [0.1, 0.15) is 5.56 Å². The SMILES string of the molecule is COc1cccc(CC(=O)Nc2ccc(-c3ccc4nnc(-c5ccncc5)n4n3)cc2)c1. The number of hydrogen-bond donors (Lipinski definition) is 1. The minimum atomic E-state index is -0.0953.